The van der Waals surface area contributed by atoms with Gasteiger partial charge in [-0.05, 0) is 26.4 Å². The minimum absolute atomic E-state index is 0.00898. The molecule has 1 aromatic heterocycles. The molecule has 0 aliphatic heterocycles. The number of carbonyl (C=O) groups is 1. The number of carboxylic acid groups (broad SMARTS) is 1. The van der Waals surface area contributed by atoms with Gasteiger partial charge in [0.25, 0.3) is 0 Å². The number of aromatic nitrogens is 3. The molecule has 0 spiro atoms. The van der Waals surface area contributed by atoms with E-state index in [1.807, 2.05) is 18.7 Å². The van der Waals surface area contributed by atoms with Crippen molar-refractivity contribution < 1.29 is 9.90 Å². The summed E-state index contributed by atoms with van der Waals surface area (Å²) in [7, 11) is 4.06. The highest BCUT2D eigenvalue weighted by Gasteiger charge is 2.18. The summed E-state index contributed by atoms with van der Waals surface area (Å²) in [6, 6.07) is 0.265. The molecule has 0 bridgehead atoms. The molecule has 0 saturated heterocycles. The van der Waals surface area contributed by atoms with Gasteiger partial charge >= 0.3 is 5.97 Å². The Kier molecular flexibility index (Phi) is 6.30. The Morgan fingerprint density at radius 3 is 2.74 bits per heavy atom. The van der Waals surface area contributed by atoms with Crippen LogP contribution in [0, 0.1) is 5.92 Å². The molecular formula is C12H22N4O2S. The Morgan fingerprint density at radius 1 is 1.53 bits per heavy atom. The number of likely N-dealkylation sites (N-methyl/N-ethyl adjacent to an activating group) is 1. The van der Waals surface area contributed by atoms with Crippen LogP contribution in [0.3, 0.4) is 0 Å². The molecule has 1 unspecified atom stereocenters. The topological polar surface area (TPSA) is 71.2 Å². The molecule has 1 atom stereocenters. The van der Waals surface area contributed by atoms with E-state index < -0.39 is 5.97 Å². The Hall–Kier alpha value is -1.08. The quantitative estimate of drug-likeness (QED) is 0.732. The SMILES string of the molecule is CC(C)CC(CN(C)C)n1cnnc1SCC(=O)O. The minimum atomic E-state index is -0.840. The van der Waals surface area contributed by atoms with Crippen LogP contribution in [0.25, 0.3) is 0 Å². The Labute approximate surface area is 118 Å². The van der Waals surface area contributed by atoms with Gasteiger partial charge in [0.2, 0.25) is 0 Å². The van der Waals surface area contributed by atoms with E-state index in [4.69, 9.17) is 5.11 Å². The predicted octanol–water partition coefficient (Wildman–Crippen LogP) is 1.60. The highest BCUT2D eigenvalue weighted by atomic mass is 32.2. The molecule has 1 N–H and O–H groups in total. The lowest BCUT2D eigenvalue weighted by Crippen LogP contribution is -2.26. The van der Waals surface area contributed by atoms with Crippen LogP contribution < -0.4 is 0 Å². The summed E-state index contributed by atoms with van der Waals surface area (Å²) in [5.74, 6) is -0.271. The van der Waals surface area contributed by atoms with E-state index >= 15 is 0 Å². The molecule has 0 saturated carbocycles. The zero-order valence-electron chi connectivity index (χ0n) is 11.9. The van der Waals surface area contributed by atoms with E-state index in [1.165, 1.54) is 11.8 Å². The highest BCUT2D eigenvalue weighted by Crippen LogP contribution is 2.24. The summed E-state index contributed by atoms with van der Waals surface area (Å²) in [6.45, 7) is 5.24. The van der Waals surface area contributed by atoms with Gasteiger partial charge in [-0.1, -0.05) is 25.6 Å². The second-order valence-electron chi connectivity index (χ2n) is 5.25. The van der Waals surface area contributed by atoms with E-state index in [0.29, 0.717) is 11.1 Å². The first kappa shape index (κ1) is 16.0. The van der Waals surface area contributed by atoms with Crippen molar-refractivity contribution in [1.82, 2.24) is 19.7 Å². The van der Waals surface area contributed by atoms with Crippen molar-refractivity contribution in [3.05, 3.63) is 6.33 Å². The molecule has 0 amide bonds. The first-order chi connectivity index (χ1) is 8.90. The largest absolute Gasteiger partial charge is 0.481 e. The first-order valence-electron chi connectivity index (χ1n) is 6.29. The lowest BCUT2D eigenvalue weighted by molar-refractivity contribution is -0.133. The number of hydrogen-bond donors (Lipinski definition) is 1. The smallest absolute Gasteiger partial charge is 0.313 e. The molecule has 19 heavy (non-hydrogen) atoms. The molecule has 1 heterocycles. The standard InChI is InChI=1S/C12H22N4O2S/c1-9(2)5-10(6-15(3)4)16-8-13-14-12(16)19-7-11(17)18/h8-10H,5-7H2,1-4H3,(H,17,18). The van der Waals surface area contributed by atoms with Crippen LogP contribution in [0.1, 0.15) is 26.3 Å². The van der Waals surface area contributed by atoms with E-state index in [-0.39, 0.29) is 11.8 Å². The van der Waals surface area contributed by atoms with Crippen LogP contribution in [-0.4, -0.2) is 57.1 Å². The zero-order valence-corrected chi connectivity index (χ0v) is 12.7. The maximum absolute atomic E-state index is 10.6. The fourth-order valence-electron chi connectivity index (χ4n) is 1.95. The summed E-state index contributed by atoms with van der Waals surface area (Å²) < 4.78 is 1.99. The van der Waals surface area contributed by atoms with Crippen LogP contribution in [0.2, 0.25) is 0 Å². The molecule has 7 heteroatoms. The van der Waals surface area contributed by atoms with Crippen molar-refractivity contribution in [1.29, 1.82) is 0 Å². The molecule has 0 aliphatic rings. The van der Waals surface area contributed by atoms with Crippen LogP contribution in [0.5, 0.6) is 0 Å². The third-order valence-electron chi connectivity index (χ3n) is 2.58. The zero-order chi connectivity index (χ0) is 14.4. The van der Waals surface area contributed by atoms with Crippen molar-refractivity contribution in [3.8, 4) is 0 Å². The molecule has 6 nitrogen and oxygen atoms in total. The number of hydrogen-bond acceptors (Lipinski definition) is 5. The summed E-state index contributed by atoms with van der Waals surface area (Å²) in [5.41, 5.74) is 0. The van der Waals surface area contributed by atoms with Gasteiger partial charge in [-0.25, -0.2) is 0 Å². The van der Waals surface area contributed by atoms with Crippen molar-refractivity contribution in [2.24, 2.45) is 5.92 Å². The van der Waals surface area contributed by atoms with Gasteiger partial charge < -0.3 is 14.6 Å². The summed E-state index contributed by atoms with van der Waals surface area (Å²) in [6.07, 6.45) is 2.71. The van der Waals surface area contributed by atoms with Crippen molar-refractivity contribution >= 4 is 17.7 Å². The van der Waals surface area contributed by atoms with E-state index in [0.717, 1.165) is 13.0 Å². The summed E-state index contributed by atoms with van der Waals surface area (Å²) in [4.78, 5) is 12.8. The van der Waals surface area contributed by atoms with Crippen LogP contribution in [0.15, 0.2) is 11.5 Å². The van der Waals surface area contributed by atoms with Crippen molar-refractivity contribution in [3.63, 3.8) is 0 Å². The Balaban J connectivity index is 2.82. The Morgan fingerprint density at radius 2 is 2.21 bits per heavy atom. The number of rotatable bonds is 8. The number of thioether (sulfide) groups is 1. The fourth-order valence-corrected chi connectivity index (χ4v) is 2.66. The summed E-state index contributed by atoms with van der Waals surface area (Å²) in [5, 5.41) is 17.4. The van der Waals surface area contributed by atoms with Gasteiger partial charge in [-0.3, -0.25) is 4.79 Å². The van der Waals surface area contributed by atoms with Gasteiger partial charge in [0, 0.05) is 6.54 Å². The predicted molar refractivity (Wildman–Crippen MR) is 75.4 cm³/mol. The normalized spacial score (nSPS) is 13.2. The van der Waals surface area contributed by atoms with Gasteiger partial charge in [0.15, 0.2) is 5.16 Å². The van der Waals surface area contributed by atoms with E-state index in [1.54, 1.807) is 6.33 Å². The van der Waals surface area contributed by atoms with Gasteiger partial charge in [-0.2, -0.15) is 0 Å². The lowest BCUT2D eigenvalue weighted by atomic mass is 10.0. The number of nitrogens with zero attached hydrogens (tertiary/aromatic N) is 4. The summed E-state index contributed by atoms with van der Waals surface area (Å²) >= 11 is 1.22. The van der Waals surface area contributed by atoms with E-state index in [2.05, 4.69) is 28.9 Å². The monoisotopic (exact) mass is 286 g/mol. The fraction of sp³-hybridized carbons (Fsp3) is 0.750. The third-order valence-corrected chi connectivity index (χ3v) is 3.52. The molecule has 1 rings (SSSR count). The highest BCUT2D eigenvalue weighted by molar-refractivity contribution is 7.99. The molecule has 0 aliphatic carbocycles. The van der Waals surface area contributed by atoms with Crippen LogP contribution in [0.4, 0.5) is 0 Å². The maximum Gasteiger partial charge on any atom is 0.313 e. The first-order valence-corrected chi connectivity index (χ1v) is 7.27. The second-order valence-corrected chi connectivity index (χ2v) is 6.19. The third kappa shape index (κ3) is 5.61. The molecule has 108 valence electrons. The van der Waals surface area contributed by atoms with Crippen molar-refractivity contribution in [2.45, 2.75) is 31.5 Å². The number of carboxylic acids is 1. The van der Waals surface area contributed by atoms with Crippen LogP contribution >= 0.6 is 11.8 Å². The average Bonchev–Trinajstić information content (AvgIpc) is 2.71. The minimum Gasteiger partial charge on any atom is -0.481 e. The molecule has 0 aromatic carbocycles. The molecule has 0 radical (unpaired) electrons. The Bertz CT molecular complexity index is 396. The van der Waals surface area contributed by atoms with Gasteiger partial charge in [0.05, 0.1) is 11.8 Å². The molecule has 1 aromatic rings. The maximum atomic E-state index is 10.6. The molecule has 0 fully saturated rings. The van der Waals surface area contributed by atoms with Gasteiger partial charge in [-0.15, -0.1) is 10.2 Å². The van der Waals surface area contributed by atoms with Gasteiger partial charge in [0.1, 0.15) is 6.33 Å². The molecular weight excluding hydrogens is 264 g/mol. The van der Waals surface area contributed by atoms with E-state index in [9.17, 15) is 4.79 Å². The lowest BCUT2D eigenvalue weighted by Gasteiger charge is -2.24. The average molecular weight is 286 g/mol. The van der Waals surface area contributed by atoms with Crippen molar-refractivity contribution in [2.75, 3.05) is 26.4 Å². The van der Waals surface area contributed by atoms with Crippen LogP contribution in [-0.2, 0) is 4.79 Å². The second kappa shape index (κ2) is 7.49. The number of aliphatic carboxylic acids is 1.